The summed E-state index contributed by atoms with van der Waals surface area (Å²) >= 11 is 0. The molecule has 14 heavy (non-hydrogen) atoms. The van der Waals surface area contributed by atoms with Crippen molar-refractivity contribution in [2.75, 3.05) is 32.8 Å². The maximum Gasteiger partial charge on any atom is 0.0781 e. The monoisotopic (exact) mass is 198 g/mol. The largest absolute Gasteiger partial charge is 0.374 e. The molecule has 0 aliphatic carbocycles. The highest BCUT2D eigenvalue weighted by Gasteiger charge is 2.33. The summed E-state index contributed by atoms with van der Waals surface area (Å²) in [5.74, 6) is 0. The van der Waals surface area contributed by atoms with E-state index in [1.54, 1.807) is 0 Å². The summed E-state index contributed by atoms with van der Waals surface area (Å²) in [6.07, 6.45) is 2.46. The van der Waals surface area contributed by atoms with Crippen molar-refractivity contribution in [3.63, 3.8) is 0 Å². The summed E-state index contributed by atoms with van der Waals surface area (Å²) in [7, 11) is 0. The second-order valence-electron chi connectivity index (χ2n) is 4.93. The molecule has 0 aromatic heterocycles. The van der Waals surface area contributed by atoms with Gasteiger partial charge < -0.3 is 10.1 Å². The first-order chi connectivity index (χ1) is 6.70. The van der Waals surface area contributed by atoms with Crippen LogP contribution in [0.5, 0.6) is 0 Å². The van der Waals surface area contributed by atoms with Crippen molar-refractivity contribution in [1.29, 1.82) is 0 Å². The zero-order valence-electron chi connectivity index (χ0n) is 9.38. The number of hydrogen-bond acceptors (Lipinski definition) is 3. The van der Waals surface area contributed by atoms with Crippen molar-refractivity contribution < 1.29 is 4.74 Å². The van der Waals surface area contributed by atoms with Crippen molar-refractivity contribution in [3.8, 4) is 0 Å². The van der Waals surface area contributed by atoms with Gasteiger partial charge in [0.2, 0.25) is 0 Å². The Labute approximate surface area is 86.8 Å². The molecule has 0 bridgehead atoms. The lowest BCUT2D eigenvalue weighted by molar-refractivity contribution is -0.0209. The van der Waals surface area contributed by atoms with Crippen LogP contribution >= 0.6 is 0 Å². The van der Waals surface area contributed by atoms with Gasteiger partial charge in [-0.15, -0.1) is 0 Å². The molecule has 82 valence electrons. The van der Waals surface area contributed by atoms with E-state index in [2.05, 4.69) is 24.1 Å². The number of piperazine rings is 1. The second kappa shape index (κ2) is 4.17. The van der Waals surface area contributed by atoms with Gasteiger partial charge in [0.25, 0.3) is 0 Å². The molecule has 0 spiro atoms. The molecule has 3 nitrogen and oxygen atoms in total. The highest BCUT2D eigenvalue weighted by Crippen LogP contribution is 2.26. The zero-order chi connectivity index (χ0) is 10.0. The molecule has 0 aromatic rings. The molecule has 2 saturated heterocycles. The number of nitrogens with zero attached hydrogens (tertiary/aromatic N) is 1. The SMILES string of the molecule is CC1CNCCN1CC1(C)CCCO1. The van der Waals surface area contributed by atoms with Crippen molar-refractivity contribution >= 4 is 0 Å². The van der Waals surface area contributed by atoms with Crippen molar-refractivity contribution in [3.05, 3.63) is 0 Å². The van der Waals surface area contributed by atoms with E-state index in [1.165, 1.54) is 19.4 Å². The van der Waals surface area contributed by atoms with Crippen LogP contribution in [0.4, 0.5) is 0 Å². The Morgan fingerprint density at radius 3 is 3.07 bits per heavy atom. The minimum Gasteiger partial charge on any atom is -0.374 e. The first-order valence-electron chi connectivity index (χ1n) is 5.78. The Kier molecular flexibility index (Phi) is 3.10. The molecule has 0 amide bonds. The molecule has 2 aliphatic heterocycles. The van der Waals surface area contributed by atoms with Crippen LogP contribution in [0.3, 0.4) is 0 Å². The zero-order valence-corrected chi connectivity index (χ0v) is 9.38. The van der Waals surface area contributed by atoms with Crippen molar-refractivity contribution in [2.45, 2.75) is 38.3 Å². The Balaban J connectivity index is 1.88. The van der Waals surface area contributed by atoms with Crippen LogP contribution in [-0.4, -0.2) is 49.3 Å². The fraction of sp³-hybridized carbons (Fsp3) is 1.00. The molecular weight excluding hydrogens is 176 g/mol. The molecule has 2 aliphatic rings. The predicted molar refractivity (Wildman–Crippen MR) is 57.5 cm³/mol. The molecule has 0 saturated carbocycles. The van der Waals surface area contributed by atoms with Crippen LogP contribution in [0.15, 0.2) is 0 Å². The summed E-state index contributed by atoms with van der Waals surface area (Å²) in [4.78, 5) is 2.56. The fourth-order valence-corrected chi connectivity index (χ4v) is 2.51. The van der Waals surface area contributed by atoms with Crippen LogP contribution in [0.1, 0.15) is 26.7 Å². The van der Waals surface area contributed by atoms with Crippen LogP contribution < -0.4 is 5.32 Å². The minimum absolute atomic E-state index is 0.131. The van der Waals surface area contributed by atoms with Crippen LogP contribution in [0.25, 0.3) is 0 Å². The maximum absolute atomic E-state index is 5.83. The standard InChI is InChI=1S/C11H22N2O/c1-10-8-12-5-6-13(10)9-11(2)4-3-7-14-11/h10,12H,3-9H2,1-2H3. The molecule has 2 heterocycles. The van der Waals surface area contributed by atoms with Gasteiger partial charge in [-0.25, -0.2) is 0 Å². The first-order valence-corrected chi connectivity index (χ1v) is 5.78. The summed E-state index contributed by atoms with van der Waals surface area (Å²) in [6, 6.07) is 0.657. The van der Waals surface area contributed by atoms with Gasteiger partial charge in [0.1, 0.15) is 0 Å². The van der Waals surface area contributed by atoms with E-state index < -0.39 is 0 Å². The topological polar surface area (TPSA) is 24.5 Å². The van der Waals surface area contributed by atoms with E-state index in [0.29, 0.717) is 6.04 Å². The van der Waals surface area contributed by atoms with Gasteiger partial charge in [0.15, 0.2) is 0 Å². The highest BCUT2D eigenvalue weighted by molar-refractivity contribution is 4.87. The Hall–Kier alpha value is -0.120. The van der Waals surface area contributed by atoms with E-state index in [9.17, 15) is 0 Å². The lowest BCUT2D eigenvalue weighted by Gasteiger charge is -2.38. The smallest absolute Gasteiger partial charge is 0.0781 e. The number of rotatable bonds is 2. The average molecular weight is 198 g/mol. The third-order valence-corrected chi connectivity index (χ3v) is 3.48. The summed E-state index contributed by atoms with van der Waals surface area (Å²) in [5.41, 5.74) is 0.131. The van der Waals surface area contributed by atoms with Gasteiger partial charge in [0, 0.05) is 38.8 Å². The summed E-state index contributed by atoms with van der Waals surface area (Å²) in [6.45, 7) is 10.0. The highest BCUT2D eigenvalue weighted by atomic mass is 16.5. The lowest BCUT2D eigenvalue weighted by Crippen LogP contribution is -2.54. The van der Waals surface area contributed by atoms with Crippen molar-refractivity contribution in [1.82, 2.24) is 10.2 Å². The first kappa shape index (κ1) is 10.4. The van der Waals surface area contributed by atoms with E-state index in [1.807, 2.05) is 0 Å². The molecule has 1 N–H and O–H groups in total. The van der Waals surface area contributed by atoms with Crippen molar-refractivity contribution in [2.24, 2.45) is 0 Å². The van der Waals surface area contributed by atoms with Crippen LogP contribution in [-0.2, 0) is 4.74 Å². The lowest BCUT2D eigenvalue weighted by atomic mass is 10.0. The van der Waals surface area contributed by atoms with Gasteiger partial charge in [-0.3, -0.25) is 4.90 Å². The molecule has 2 unspecified atom stereocenters. The normalized spacial score (nSPS) is 40.3. The average Bonchev–Trinajstić information content (AvgIpc) is 2.57. The van der Waals surface area contributed by atoms with Gasteiger partial charge >= 0.3 is 0 Å². The summed E-state index contributed by atoms with van der Waals surface area (Å²) < 4.78 is 5.83. The third-order valence-electron chi connectivity index (χ3n) is 3.48. The quantitative estimate of drug-likeness (QED) is 0.712. The molecule has 0 aromatic carbocycles. The number of ether oxygens (including phenoxy) is 1. The second-order valence-corrected chi connectivity index (χ2v) is 4.93. The van der Waals surface area contributed by atoms with E-state index >= 15 is 0 Å². The van der Waals surface area contributed by atoms with Gasteiger partial charge in [0.05, 0.1) is 5.60 Å². The van der Waals surface area contributed by atoms with E-state index in [0.717, 1.165) is 26.2 Å². The molecule has 3 heteroatoms. The van der Waals surface area contributed by atoms with E-state index in [-0.39, 0.29) is 5.60 Å². The predicted octanol–water partition coefficient (Wildman–Crippen LogP) is 0.849. The molecule has 2 fully saturated rings. The van der Waals surface area contributed by atoms with E-state index in [4.69, 9.17) is 4.74 Å². The Morgan fingerprint density at radius 1 is 1.57 bits per heavy atom. The van der Waals surface area contributed by atoms with Crippen LogP contribution in [0, 0.1) is 0 Å². The van der Waals surface area contributed by atoms with Gasteiger partial charge in [-0.05, 0) is 26.7 Å². The molecule has 2 rings (SSSR count). The minimum atomic E-state index is 0.131. The third kappa shape index (κ3) is 2.27. The number of nitrogens with one attached hydrogen (secondary N) is 1. The Bertz CT molecular complexity index is 190. The Morgan fingerprint density at radius 2 is 2.43 bits per heavy atom. The molecule has 2 atom stereocenters. The molecular formula is C11H22N2O. The summed E-state index contributed by atoms with van der Waals surface area (Å²) in [5, 5.41) is 3.42. The van der Waals surface area contributed by atoms with Crippen LogP contribution in [0.2, 0.25) is 0 Å². The molecule has 0 radical (unpaired) electrons. The van der Waals surface area contributed by atoms with Gasteiger partial charge in [-0.1, -0.05) is 0 Å². The fourth-order valence-electron chi connectivity index (χ4n) is 2.51. The number of hydrogen-bond donors (Lipinski definition) is 1. The maximum atomic E-state index is 5.83. The van der Waals surface area contributed by atoms with Gasteiger partial charge in [-0.2, -0.15) is 0 Å².